The first-order chi connectivity index (χ1) is 11.6. The molecule has 0 saturated carbocycles. The highest BCUT2D eigenvalue weighted by atomic mass is 16.6. The number of carbonyl (C=O) groups excluding carboxylic acids is 2. The van der Waals surface area contributed by atoms with Crippen LogP contribution < -0.4 is 10.6 Å². The molecule has 0 aliphatic carbocycles. The van der Waals surface area contributed by atoms with E-state index in [1.165, 1.54) is 0 Å². The Bertz CT molecular complexity index is 605. The Morgan fingerprint density at radius 2 is 1.96 bits per heavy atom. The van der Waals surface area contributed by atoms with Gasteiger partial charge in [-0.05, 0) is 58.9 Å². The van der Waals surface area contributed by atoms with E-state index in [4.69, 9.17) is 4.74 Å². The standard InChI is InChI=1S/C20H30N2O3/c1-19(2,3)25-18(24)21-12-11-15(14-9-7-6-8-10-14)16-13-20(4,5)22-17(16)23/h6-10,15-16H,11-13H2,1-5H3,(H,21,24)(H,22,23). The first-order valence-electron chi connectivity index (χ1n) is 8.91. The van der Waals surface area contributed by atoms with Crippen LogP contribution in [0.25, 0.3) is 0 Å². The van der Waals surface area contributed by atoms with Gasteiger partial charge in [-0.1, -0.05) is 30.3 Å². The van der Waals surface area contributed by atoms with Gasteiger partial charge in [0, 0.05) is 18.0 Å². The third-order valence-corrected chi connectivity index (χ3v) is 4.37. The molecule has 5 nitrogen and oxygen atoms in total. The average Bonchev–Trinajstić information content (AvgIpc) is 2.75. The van der Waals surface area contributed by atoms with E-state index in [2.05, 4.69) is 22.8 Å². The second-order valence-corrected chi connectivity index (χ2v) is 8.42. The summed E-state index contributed by atoms with van der Waals surface area (Å²) < 4.78 is 5.28. The van der Waals surface area contributed by atoms with E-state index in [9.17, 15) is 9.59 Å². The molecule has 1 aliphatic rings. The van der Waals surface area contributed by atoms with Gasteiger partial charge in [-0.2, -0.15) is 0 Å². The first-order valence-corrected chi connectivity index (χ1v) is 8.91. The lowest BCUT2D eigenvalue weighted by Crippen LogP contribution is -2.35. The molecule has 0 bridgehead atoms. The Labute approximate surface area is 150 Å². The van der Waals surface area contributed by atoms with Crippen LogP contribution in [0.1, 0.15) is 58.9 Å². The summed E-state index contributed by atoms with van der Waals surface area (Å²) in [4.78, 5) is 24.3. The number of amides is 2. The maximum atomic E-state index is 12.5. The normalized spacial score (nSPS) is 20.7. The number of hydrogen-bond acceptors (Lipinski definition) is 3. The van der Waals surface area contributed by atoms with Gasteiger partial charge in [0.15, 0.2) is 0 Å². The summed E-state index contributed by atoms with van der Waals surface area (Å²) in [7, 11) is 0. The van der Waals surface area contributed by atoms with Gasteiger partial charge in [0.05, 0.1) is 0 Å². The fourth-order valence-corrected chi connectivity index (χ4v) is 3.39. The summed E-state index contributed by atoms with van der Waals surface area (Å²) in [5.41, 5.74) is 0.428. The number of carbonyl (C=O) groups is 2. The van der Waals surface area contributed by atoms with E-state index in [1.54, 1.807) is 0 Å². The van der Waals surface area contributed by atoms with Gasteiger partial charge in [-0.25, -0.2) is 4.79 Å². The maximum Gasteiger partial charge on any atom is 0.407 e. The lowest BCUT2D eigenvalue weighted by atomic mass is 9.80. The van der Waals surface area contributed by atoms with Crippen molar-refractivity contribution in [3.63, 3.8) is 0 Å². The van der Waals surface area contributed by atoms with Crippen molar-refractivity contribution in [3.05, 3.63) is 35.9 Å². The molecule has 25 heavy (non-hydrogen) atoms. The molecule has 2 amide bonds. The van der Waals surface area contributed by atoms with Crippen LogP contribution in [0.3, 0.4) is 0 Å². The van der Waals surface area contributed by atoms with Crippen LogP contribution in [-0.2, 0) is 9.53 Å². The van der Waals surface area contributed by atoms with E-state index in [1.807, 2.05) is 52.8 Å². The predicted octanol–water partition coefficient (Wildman–Crippen LogP) is 3.60. The zero-order chi connectivity index (χ0) is 18.7. The Balaban J connectivity index is 2.04. The molecule has 2 rings (SSSR count). The van der Waals surface area contributed by atoms with Crippen molar-refractivity contribution in [1.29, 1.82) is 0 Å². The highest BCUT2D eigenvalue weighted by Crippen LogP contribution is 2.37. The number of hydrogen-bond donors (Lipinski definition) is 2. The van der Waals surface area contributed by atoms with Crippen molar-refractivity contribution in [3.8, 4) is 0 Å². The molecule has 1 heterocycles. The van der Waals surface area contributed by atoms with Crippen molar-refractivity contribution in [2.75, 3.05) is 6.54 Å². The van der Waals surface area contributed by atoms with Gasteiger partial charge in [-0.15, -0.1) is 0 Å². The zero-order valence-electron chi connectivity index (χ0n) is 15.9. The summed E-state index contributed by atoms with van der Waals surface area (Å²) in [5.74, 6) is 0.0758. The van der Waals surface area contributed by atoms with Crippen LogP contribution >= 0.6 is 0 Å². The molecule has 1 aromatic carbocycles. The Hall–Kier alpha value is -2.04. The Morgan fingerprint density at radius 1 is 1.32 bits per heavy atom. The SMILES string of the molecule is CC1(C)CC(C(CCNC(=O)OC(C)(C)C)c2ccccc2)C(=O)N1. The molecule has 1 fully saturated rings. The number of ether oxygens (including phenoxy) is 1. The quantitative estimate of drug-likeness (QED) is 0.856. The van der Waals surface area contributed by atoms with Crippen LogP contribution in [0.5, 0.6) is 0 Å². The van der Waals surface area contributed by atoms with Crippen LogP contribution in [0.2, 0.25) is 0 Å². The van der Waals surface area contributed by atoms with Crippen LogP contribution in [-0.4, -0.2) is 29.7 Å². The molecular weight excluding hydrogens is 316 g/mol. The monoisotopic (exact) mass is 346 g/mol. The molecule has 0 radical (unpaired) electrons. The highest BCUT2D eigenvalue weighted by molar-refractivity contribution is 5.83. The van der Waals surface area contributed by atoms with Crippen LogP contribution in [0.4, 0.5) is 4.79 Å². The number of alkyl carbamates (subject to hydrolysis) is 1. The largest absolute Gasteiger partial charge is 0.444 e. The van der Waals surface area contributed by atoms with Gasteiger partial charge in [0.2, 0.25) is 5.91 Å². The first kappa shape index (κ1) is 19.3. The molecule has 2 unspecified atom stereocenters. The molecule has 5 heteroatoms. The van der Waals surface area contributed by atoms with Crippen molar-refractivity contribution in [2.45, 2.75) is 64.5 Å². The molecule has 0 aromatic heterocycles. The number of rotatable bonds is 5. The molecule has 2 N–H and O–H groups in total. The van der Waals surface area contributed by atoms with Gasteiger partial charge in [-0.3, -0.25) is 4.79 Å². The van der Waals surface area contributed by atoms with E-state index in [0.29, 0.717) is 13.0 Å². The van der Waals surface area contributed by atoms with E-state index in [0.717, 1.165) is 12.0 Å². The topological polar surface area (TPSA) is 67.4 Å². The average molecular weight is 346 g/mol. The second kappa shape index (κ2) is 7.46. The minimum absolute atomic E-state index is 0.0675. The molecule has 1 saturated heterocycles. The smallest absolute Gasteiger partial charge is 0.407 e. The summed E-state index contributed by atoms with van der Waals surface area (Å²) in [6.07, 6.45) is 1.06. The van der Waals surface area contributed by atoms with E-state index in [-0.39, 0.29) is 23.3 Å². The summed E-state index contributed by atoms with van der Waals surface area (Å²) in [6, 6.07) is 10.1. The second-order valence-electron chi connectivity index (χ2n) is 8.42. The van der Waals surface area contributed by atoms with E-state index < -0.39 is 11.7 Å². The molecule has 2 atom stereocenters. The summed E-state index contributed by atoms with van der Waals surface area (Å²) >= 11 is 0. The third kappa shape index (κ3) is 5.76. The van der Waals surface area contributed by atoms with Crippen molar-refractivity contribution >= 4 is 12.0 Å². The third-order valence-electron chi connectivity index (χ3n) is 4.37. The number of nitrogens with one attached hydrogen (secondary N) is 2. The van der Waals surface area contributed by atoms with Crippen molar-refractivity contribution < 1.29 is 14.3 Å². The fourth-order valence-electron chi connectivity index (χ4n) is 3.39. The molecule has 1 aliphatic heterocycles. The Kier molecular flexibility index (Phi) is 5.76. The molecule has 0 spiro atoms. The lowest BCUT2D eigenvalue weighted by molar-refractivity contribution is -0.123. The molecule has 138 valence electrons. The van der Waals surface area contributed by atoms with Gasteiger partial charge < -0.3 is 15.4 Å². The Morgan fingerprint density at radius 3 is 2.48 bits per heavy atom. The minimum atomic E-state index is -0.516. The maximum absolute atomic E-state index is 12.5. The fraction of sp³-hybridized carbons (Fsp3) is 0.600. The van der Waals surface area contributed by atoms with Crippen molar-refractivity contribution in [2.24, 2.45) is 5.92 Å². The van der Waals surface area contributed by atoms with Crippen molar-refractivity contribution in [1.82, 2.24) is 10.6 Å². The van der Waals surface area contributed by atoms with E-state index >= 15 is 0 Å². The lowest BCUT2D eigenvalue weighted by Gasteiger charge is -2.24. The van der Waals surface area contributed by atoms with Gasteiger partial charge >= 0.3 is 6.09 Å². The molecular formula is C20H30N2O3. The van der Waals surface area contributed by atoms with Crippen LogP contribution in [0, 0.1) is 5.92 Å². The highest BCUT2D eigenvalue weighted by Gasteiger charge is 2.41. The zero-order valence-corrected chi connectivity index (χ0v) is 15.9. The van der Waals surface area contributed by atoms with Gasteiger partial charge in [0.25, 0.3) is 0 Å². The van der Waals surface area contributed by atoms with Gasteiger partial charge in [0.1, 0.15) is 5.60 Å². The summed E-state index contributed by atoms with van der Waals surface area (Å²) in [6.45, 7) is 10.1. The molecule has 1 aromatic rings. The van der Waals surface area contributed by atoms with Crippen LogP contribution in [0.15, 0.2) is 30.3 Å². The minimum Gasteiger partial charge on any atom is -0.444 e. The predicted molar refractivity (Wildman–Crippen MR) is 98.4 cm³/mol. The summed E-state index contributed by atoms with van der Waals surface area (Å²) in [5, 5.41) is 5.88. The number of benzene rings is 1.